The van der Waals surface area contributed by atoms with E-state index in [0.717, 1.165) is 11.1 Å². The number of benzene rings is 2. The molecule has 2 aromatic carbocycles. The third kappa shape index (κ3) is 2.43. The Morgan fingerprint density at radius 3 is 2.50 bits per heavy atom. The van der Waals surface area contributed by atoms with Gasteiger partial charge in [0.2, 0.25) is 0 Å². The van der Waals surface area contributed by atoms with Crippen molar-refractivity contribution in [3.63, 3.8) is 0 Å². The summed E-state index contributed by atoms with van der Waals surface area (Å²) in [4.78, 5) is 18.1. The highest BCUT2D eigenvalue weighted by molar-refractivity contribution is 5.78. The average Bonchev–Trinajstić information content (AvgIpc) is 2.47. The van der Waals surface area contributed by atoms with Gasteiger partial charge in [0, 0.05) is 11.1 Å². The number of nitrogens with one attached hydrogen (secondary N) is 1. The fourth-order valence-corrected chi connectivity index (χ4v) is 1.82. The molecule has 0 fully saturated rings. The maximum Gasteiger partial charge on any atom is 0.258 e. The Morgan fingerprint density at radius 2 is 1.70 bits per heavy atom. The molecule has 0 aliphatic rings. The molecule has 0 spiro atoms. The van der Waals surface area contributed by atoms with Crippen LogP contribution in [0.2, 0.25) is 0 Å². The van der Waals surface area contributed by atoms with E-state index in [9.17, 15) is 9.18 Å². The molecule has 4 heteroatoms. The van der Waals surface area contributed by atoms with Crippen molar-refractivity contribution >= 4 is 10.9 Å². The van der Waals surface area contributed by atoms with E-state index in [0.29, 0.717) is 10.9 Å². The zero-order valence-electron chi connectivity index (χ0n) is 10.4. The van der Waals surface area contributed by atoms with Gasteiger partial charge in [0.05, 0.1) is 17.2 Å². The summed E-state index contributed by atoms with van der Waals surface area (Å²) in [6, 6.07) is 11.2. The molecule has 0 saturated carbocycles. The number of halogens is 1. The fraction of sp³-hybridized carbons (Fsp3) is 0. The first kappa shape index (κ1) is 12.1. The largest absolute Gasteiger partial charge is 0.313 e. The first-order valence-electron chi connectivity index (χ1n) is 5.97. The van der Waals surface area contributed by atoms with Gasteiger partial charge in [-0.25, -0.2) is 9.37 Å². The van der Waals surface area contributed by atoms with Crippen molar-refractivity contribution in [1.82, 2.24) is 9.97 Å². The van der Waals surface area contributed by atoms with Crippen LogP contribution in [0.5, 0.6) is 0 Å². The Labute approximate surface area is 114 Å². The highest BCUT2D eigenvalue weighted by Crippen LogP contribution is 2.09. The number of aromatic amines is 1. The molecule has 0 radical (unpaired) electrons. The van der Waals surface area contributed by atoms with Gasteiger partial charge in [0.1, 0.15) is 5.82 Å². The summed E-state index contributed by atoms with van der Waals surface area (Å²) in [5.74, 6) is 5.62. The number of hydrogen-bond acceptors (Lipinski definition) is 2. The smallest absolute Gasteiger partial charge is 0.258 e. The maximum atomic E-state index is 12.8. The second-order valence-corrected chi connectivity index (χ2v) is 4.22. The van der Waals surface area contributed by atoms with Crippen LogP contribution in [0.3, 0.4) is 0 Å². The van der Waals surface area contributed by atoms with Crippen LogP contribution in [0, 0.1) is 17.7 Å². The molecule has 3 rings (SSSR count). The molecule has 0 atom stereocenters. The van der Waals surface area contributed by atoms with Gasteiger partial charge in [-0.3, -0.25) is 4.79 Å². The Balaban J connectivity index is 2.00. The van der Waals surface area contributed by atoms with E-state index in [4.69, 9.17) is 0 Å². The molecule has 20 heavy (non-hydrogen) atoms. The van der Waals surface area contributed by atoms with Crippen LogP contribution in [-0.4, -0.2) is 9.97 Å². The Bertz CT molecular complexity index is 886. The molecular formula is C16H9FN2O. The Kier molecular flexibility index (Phi) is 3.02. The molecule has 3 nitrogen and oxygen atoms in total. The molecule has 1 N–H and O–H groups in total. The van der Waals surface area contributed by atoms with Crippen LogP contribution < -0.4 is 5.56 Å². The van der Waals surface area contributed by atoms with Gasteiger partial charge in [-0.15, -0.1) is 0 Å². The van der Waals surface area contributed by atoms with Crippen LogP contribution in [0.15, 0.2) is 53.6 Å². The lowest BCUT2D eigenvalue weighted by atomic mass is 10.1. The number of aromatic nitrogens is 2. The number of hydrogen-bond donors (Lipinski definition) is 1. The maximum absolute atomic E-state index is 12.8. The quantitative estimate of drug-likeness (QED) is 0.634. The van der Waals surface area contributed by atoms with E-state index in [1.807, 2.05) is 0 Å². The van der Waals surface area contributed by atoms with Crippen molar-refractivity contribution in [1.29, 1.82) is 0 Å². The van der Waals surface area contributed by atoms with Gasteiger partial charge in [0.25, 0.3) is 5.56 Å². The SMILES string of the molecule is O=c1[nH]cnc2cc(C#Cc3ccc(F)cc3)ccc12. The highest BCUT2D eigenvalue weighted by Gasteiger charge is 1.99. The summed E-state index contributed by atoms with van der Waals surface area (Å²) >= 11 is 0. The van der Waals surface area contributed by atoms with Gasteiger partial charge >= 0.3 is 0 Å². The fourth-order valence-electron chi connectivity index (χ4n) is 1.82. The first-order valence-corrected chi connectivity index (χ1v) is 5.97. The van der Waals surface area contributed by atoms with Crippen LogP contribution in [-0.2, 0) is 0 Å². The zero-order chi connectivity index (χ0) is 13.9. The standard InChI is InChI=1S/C16H9FN2O/c17-13-6-3-11(4-7-13)1-2-12-5-8-14-15(9-12)18-10-19-16(14)20/h3-10H,(H,18,19,20). The monoisotopic (exact) mass is 264 g/mol. The highest BCUT2D eigenvalue weighted by atomic mass is 19.1. The Hall–Kier alpha value is -2.93. The third-order valence-corrected chi connectivity index (χ3v) is 2.84. The molecule has 1 heterocycles. The molecule has 3 aromatic rings. The predicted octanol–water partition coefficient (Wildman–Crippen LogP) is 2.46. The second-order valence-electron chi connectivity index (χ2n) is 4.22. The van der Waals surface area contributed by atoms with Crippen molar-refractivity contribution in [3.8, 4) is 11.8 Å². The lowest BCUT2D eigenvalue weighted by Crippen LogP contribution is -2.05. The lowest BCUT2D eigenvalue weighted by molar-refractivity contribution is 0.627. The minimum absolute atomic E-state index is 0.173. The van der Waals surface area contributed by atoms with Gasteiger partial charge in [-0.05, 0) is 42.5 Å². The molecule has 0 bridgehead atoms. The molecule has 1 aromatic heterocycles. The van der Waals surface area contributed by atoms with Crippen molar-refractivity contribution < 1.29 is 4.39 Å². The molecule has 0 unspecified atom stereocenters. The van der Waals surface area contributed by atoms with Gasteiger partial charge in [0.15, 0.2) is 0 Å². The summed E-state index contributed by atoms with van der Waals surface area (Å²) in [6.45, 7) is 0. The molecule has 0 saturated heterocycles. The number of rotatable bonds is 0. The first-order chi connectivity index (χ1) is 9.72. The molecule has 96 valence electrons. The van der Waals surface area contributed by atoms with Gasteiger partial charge in [-0.1, -0.05) is 11.8 Å². The summed E-state index contributed by atoms with van der Waals surface area (Å²) in [5, 5.41) is 0.528. The van der Waals surface area contributed by atoms with E-state index in [2.05, 4.69) is 21.8 Å². The average molecular weight is 264 g/mol. The van der Waals surface area contributed by atoms with Gasteiger partial charge < -0.3 is 4.98 Å². The van der Waals surface area contributed by atoms with E-state index in [-0.39, 0.29) is 11.4 Å². The number of fused-ring (bicyclic) bond motifs is 1. The topological polar surface area (TPSA) is 45.8 Å². The van der Waals surface area contributed by atoms with E-state index in [1.165, 1.54) is 18.5 Å². The van der Waals surface area contributed by atoms with Crippen LogP contribution in [0.1, 0.15) is 11.1 Å². The van der Waals surface area contributed by atoms with Crippen LogP contribution in [0.4, 0.5) is 4.39 Å². The summed E-state index contributed by atoms with van der Waals surface area (Å²) < 4.78 is 12.8. The molecule has 0 amide bonds. The second kappa shape index (κ2) is 4.98. The molecule has 0 aliphatic carbocycles. The summed E-state index contributed by atoms with van der Waals surface area (Å²) in [5.41, 5.74) is 1.90. The lowest BCUT2D eigenvalue weighted by Gasteiger charge is -1.96. The van der Waals surface area contributed by atoms with Crippen molar-refractivity contribution in [2.75, 3.05) is 0 Å². The van der Waals surface area contributed by atoms with Gasteiger partial charge in [-0.2, -0.15) is 0 Å². The van der Waals surface area contributed by atoms with Crippen LogP contribution in [0.25, 0.3) is 10.9 Å². The predicted molar refractivity (Wildman–Crippen MR) is 74.7 cm³/mol. The van der Waals surface area contributed by atoms with E-state index in [1.54, 1.807) is 30.3 Å². The van der Waals surface area contributed by atoms with E-state index >= 15 is 0 Å². The normalized spacial score (nSPS) is 10.1. The summed E-state index contributed by atoms with van der Waals surface area (Å²) in [6.07, 6.45) is 1.36. The third-order valence-electron chi connectivity index (χ3n) is 2.84. The molecular weight excluding hydrogens is 255 g/mol. The minimum Gasteiger partial charge on any atom is -0.313 e. The minimum atomic E-state index is -0.287. The molecule has 0 aliphatic heterocycles. The van der Waals surface area contributed by atoms with Crippen molar-refractivity contribution in [3.05, 3.63) is 76.1 Å². The van der Waals surface area contributed by atoms with E-state index < -0.39 is 0 Å². The summed E-state index contributed by atoms with van der Waals surface area (Å²) in [7, 11) is 0. The van der Waals surface area contributed by atoms with Crippen molar-refractivity contribution in [2.45, 2.75) is 0 Å². The number of nitrogens with zero attached hydrogens (tertiary/aromatic N) is 1. The number of H-pyrrole nitrogens is 1. The van der Waals surface area contributed by atoms with Crippen LogP contribution >= 0.6 is 0 Å². The zero-order valence-corrected chi connectivity index (χ0v) is 10.4. The Morgan fingerprint density at radius 1 is 1.00 bits per heavy atom. The van der Waals surface area contributed by atoms with Crippen molar-refractivity contribution in [2.24, 2.45) is 0 Å².